The van der Waals surface area contributed by atoms with Crippen molar-refractivity contribution >= 4 is 5.91 Å². The summed E-state index contributed by atoms with van der Waals surface area (Å²) in [5, 5.41) is 0. The van der Waals surface area contributed by atoms with Crippen LogP contribution < -0.4 is 9.47 Å². The molecule has 0 aromatic heterocycles. The van der Waals surface area contributed by atoms with Gasteiger partial charge in [0.2, 0.25) is 0 Å². The van der Waals surface area contributed by atoms with Gasteiger partial charge < -0.3 is 19.3 Å². The van der Waals surface area contributed by atoms with Crippen LogP contribution in [0, 0.1) is 0 Å². The third kappa shape index (κ3) is 3.39. The number of hydrogen-bond donors (Lipinski definition) is 0. The van der Waals surface area contributed by atoms with Crippen LogP contribution in [-0.4, -0.2) is 55.2 Å². The summed E-state index contributed by atoms with van der Waals surface area (Å²) in [7, 11) is 4.00. The standard InChI is InChI=1S/C16H20F2N2O3/c1-19(2)12-5-3-4-8-20(10-12)15(21)11-6-7-13-14(9-11)23-16(17,18)22-13/h6-7,9,12H,3-5,8,10H2,1-2H3/t12-/m0/s1. The van der Waals surface area contributed by atoms with E-state index in [2.05, 4.69) is 14.4 Å². The summed E-state index contributed by atoms with van der Waals surface area (Å²) in [5.74, 6) is -0.311. The van der Waals surface area contributed by atoms with Crippen LogP contribution in [-0.2, 0) is 0 Å². The molecule has 1 aromatic rings. The average Bonchev–Trinajstić information content (AvgIpc) is 2.65. The minimum atomic E-state index is -3.66. The van der Waals surface area contributed by atoms with Crippen molar-refractivity contribution in [3.05, 3.63) is 23.8 Å². The third-order valence-corrected chi connectivity index (χ3v) is 4.31. The molecule has 0 bridgehead atoms. The number of carbonyl (C=O) groups excluding carboxylic acids is 1. The molecule has 23 heavy (non-hydrogen) atoms. The van der Waals surface area contributed by atoms with E-state index >= 15 is 0 Å². The number of ether oxygens (including phenoxy) is 2. The number of hydrogen-bond acceptors (Lipinski definition) is 4. The molecule has 2 aliphatic heterocycles. The van der Waals surface area contributed by atoms with Crippen LogP contribution in [0.3, 0.4) is 0 Å². The number of carbonyl (C=O) groups is 1. The lowest BCUT2D eigenvalue weighted by molar-refractivity contribution is -0.286. The van der Waals surface area contributed by atoms with Crippen molar-refractivity contribution in [2.24, 2.45) is 0 Å². The number of rotatable bonds is 2. The second-order valence-electron chi connectivity index (χ2n) is 6.19. The summed E-state index contributed by atoms with van der Waals surface area (Å²) in [6.45, 7) is 1.31. The number of nitrogens with zero attached hydrogens (tertiary/aromatic N) is 2. The van der Waals surface area contributed by atoms with Crippen LogP contribution in [0.1, 0.15) is 29.6 Å². The highest BCUT2D eigenvalue weighted by Crippen LogP contribution is 2.41. The fourth-order valence-electron chi connectivity index (χ4n) is 2.99. The van der Waals surface area contributed by atoms with Crippen LogP contribution in [0.2, 0.25) is 0 Å². The number of halogens is 2. The highest BCUT2D eigenvalue weighted by atomic mass is 19.3. The van der Waals surface area contributed by atoms with Gasteiger partial charge in [-0.15, -0.1) is 8.78 Å². The van der Waals surface area contributed by atoms with Crippen molar-refractivity contribution in [2.45, 2.75) is 31.6 Å². The number of likely N-dealkylation sites (N-methyl/N-ethyl adjacent to an activating group) is 1. The topological polar surface area (TPSA) is 42.0 Å². The van der Waals surface area contributed by atoms with Gasteiger partial charge in [0.1, 0.15) is 0 Å². The summed E-state index contributed by atoms with van der Waals surface area (Å²) >= 11 is 0. The summed E-state index contributed by atoms with van der Waals surface area (Å²) in [4.78, 5) is 16.6. The second-order valence-corrected chi connectivity index (χ2v) is 6.19. The van der Waals surface area contributed by atoms with Crippen LogP contribution in [0.15, 0.2) is 18.2 Å². The Morgan fingerprint density at radius 1 is 1.26 bits per heavy atom. The van der Waals surface area contributed by atoms with Gasteiger partial charge in [0.05, 0.1) is 0 Å². The summed E-state index contributed by atoms with van der Waals surface area (Å²) in [5.41, 5.74) is 0.337. The van der Waals surface area contributed by atoms with E-state index in [-0.39, 0.29) is 17.4 Å². The highest BCUT2D eigenvalue weighted by Gasteiger charge is 2.43. The van der Waals surface area contributed by atoms with Crippen molar-refractivity contribution < 1.29 is 23.0 Å². The predicted molar refractivity (Wildman–Crippen MR) is 79.9 cm³/mol. The molecule has 0 saturated carbocycles. The second kappa shape index (κ2) is 5.96. The molecule has 0 radical (unpaired) electrons. The smallest absolute Gasteiger partial charge is 0.395 e. The molecule has 0 aliphatic carbocycles. The number of alkyl halides is 2. The Hall–Kier alpha value is -1.89. The molecule has 126 valence electrons. The molecule has 1 aromatic carbocycles. The number of fused-ring (bicyclic) bond motifs is 1. The molecule has 3 rings (SSSR count). The van der Waals surface area contributed by atoms with Crippen molar-refractivity contribution in [3.63, 3.8) is 0 Å². The monoisotopic (exact) mass is 326 g/mol. The van der Waals surface area contributed by atoms with Gasteiger partial charge in [-0.05, 0) is 45.1 Å². The van der Waals surface area contributed by atoms with Crippen molar-refractivity contribution in [1.82, 2.24) is 9.80 Å². The van der Waals surface area contributed by atoms with Gasteiger partial charge in [0, 0.05) is 24.7 Å². The molecule has 7 heteroatoms. The first-order chi connectivity index (χ1) is 10.9. The Kier molecular flexibility index (Phi) is 4.14. The van der Waals surface area contributed by atoms with Crippen molar-refractivity contribution in [1.29, 1.82) is 0 Å². The van der Waals surface area contributed by atoms with E-state index in [1.807, 2.05) is 14.1 Å². The lowest BCUT2D eigenvalue weighted by Crippen LogP contribution is -2.41. The number of benzene rings is 1. The maximum absolute atomic E-state index is 13.1. The fraction of sp³-hybridized carbons (Fsp3) is 0.562. The normalized spacial score (nSPS) is 23.0. The summed E-state index contributed by atoms with van der Waals surface area (Å²) in [6.07, 6.45) is -0.606. The Balaban J connectivity index is 1.78. The van der Waals surface area contributed by atoms with E-state index in [0.717, 1.165) is 19.3 Å². The minimum absolute atomic E-state index is 0.0476. The van der Waals surface area contributed by atoms with Crippen LogP contribution in [0.25, 0.3) is 0 Å². The van der Waals surface area contributed by atoms with Gasteiger partial charge in [-0.25, -0.2) is 0 Å². The largest absolute Gasteiger partial charge is 0.586 e. The van der Waals surface area contributed by atoms with Crippen LogP contribution >= 0.6 is 0 Å². The minimum Gasteiger partial charge on any atom is -0.395 e. The molecule has 1 fully saturated rings. The molecule has 1 amide bonds. The number of amides is 1. The lowest BCUT2D eigenvalue weighted by atomic mass is 10.1. The summed E-state index contributed by atoms with van der Waals surface area (Å²) < 4.78 is 34.9. The SMILES string of the molecule is CN(C)[C@H]1CCCCN(C(=O)c2ccc3c(c2)OC(F)(F)O3)C1. The lowest BCUT2D eigenvalue weighted by Gasteiger charge is -2.28. The first-order valence-corrected chi connectivity index (χ1v) is 7.71. The molecule has 2 heterocycles. The van der Waals surface area contributed by atoms with E-state index < -0.39 is 6.29 Å². The molecule has 1 saturated heterocycles. The Morgan fingerprint density at radius 3 is 2.74 bits per heavy atom. The van der Waals surface area contributed by atoms with E-state index in [9.17, 15) is 13.6 Å². The number of likely N-dealkylation sites (tertiary alicyclic amines) is 1. The molecule has 0 N–H and O–H groups in total. The van der Waals surface area contributed by atoms with E-state index in [4.69, 9.17) is 0 Å². The first kappa shape index (κ1) is 16.0. The van der Waals surface area contributed by atoms with E-state index in [1.54, 1.807) is 4.90 Å². The van der Waals surface area contributed by atoms with Gasteiger partial charge in [-0.3, -0.25) is 4.79 Å². The maximum atomic E-state index is 13.1. The highest BCUT2D eigenvalue weighted by molar-refractivity contribution is 5.95. The zero-order chi connectivity index (χ0) is 16.6. The van der Waals surface area contributed by atoms with Crippen molar-refractivity contribution in [2.75, 3.05) is 27.2 Å². The van der Waals surface area contributed by atoms with Gasteiger partial charge in [0.25, 0.3) is 5.91 Å². The molecule has 1 atom stereocenters. The van der Waals surface area contributed by atoms with Crippen LogP contribution in [0.5, 0.6) is 11.5 Å². The molecule has 0 unspecified atom stereocenters. The van der Waals surface area contributed by atoms with Gasteiger partial charge >= 0.3 is 6.29 Å². The zero-order valence-electron chi connectivity index (χ0n) is 13.2. The molecular weight excluding hydrogens is 306 g/mol. The van der Waals surface area contributed by atoms with Gasteiger partial charge in [-0.2, -0.15) is 0 Å². The Bertz CT molecular complexity index is 607. The molecular formula is C16H20F2N2O3. The van der Waals surface area contributed by atoms with Crippen LogP contribution in [0.4, 0.5) is 8.78 Å². The van der Waals surface area contributed by atoms with Gasteiger partial charge in [0.15, 0.2) is 11.5 Å². The van der Waals surface area contributed by atoms with Gasteiger partial charge in [-0.1, -0.05) is 6.42 Å². The van der Waals surface area contributed by atoms with E-state index in [0.29, 0.717) is 24.7 Å². The Labute approximate surface area is 133 Å². The van der Waals surface area contributed by atoms with E-state index in [1.165, 1.54) is 18.2 Å². The molecule has 5 nitrogen and oxygen atoms in total. The molecule has 2 aliphatic rings. The fourth-order valence-corrected chi connectivity index (χ4v) is 2.99. The first-order valence-electron chi connectivity index (χ1n) is 7.71. The average molecular weight is 326 g/mol. The summed E-state index contributed by atoms with van der Waals surface area (Å²) in [6, 6.07) is 4.49. The quantitative estimate of drug-likeness (QED) is 0.838. The van der Waals surface area contributed by atoms with Crippen molar-refractivity contribution in [3.8, 4) is 11.5 Å². The zero-order valence-corrected chi connectivity index (χ0v) is 13.2. The predicted octanol–water partition coefficient (Wildman–Crippen LogP) is 2.56. The molecule has 0 spiro atoms. The third-order valence-electron chi connectivity index (χ3n) is 4.31. The Morgan fingerprint density at radius 2 is 2.00 bits per heavy atom. The maximum Gasteiger partial charge on any atom is 0.586 e.